The Bertz CT molecular complexity index is 1370. The second-order valence-corrected chi connectivity index (χ2v) is 9.09. The van der Waals surface area contributed by atoms with Gasteiger partial charge in [-0.1, -0.05) is 45.5 Å². The molecule has 1 aliphatic heterocycles. The monoisotopic (exact) mass is 494 g/mol. The van der Waals surface area contributed by atoms with Crippen LogP contribution in [0.25, 0.3) is 10.2 Å². The van der Waals surface area contributed by atoms with E-state index >= 15 is 0 Å². The summed E-state index contributed by atoms with van der Waals surface area (Å²) >= 11 is 4.79. The van der Waals surface area contributed by atoms with Gasteiger partial charge >= 0.3 is 0 Å². The number of Topliss-reactive ketones (excluding diaryl/α,β-unsaturated/α-hetero) is 1. The Morgan fingerprint density at radius 3 is 2.77 bits per heavy atom. The highest BCUT2D eigenvalue weighted by molar-refractivity contribution is 9.10. The van der Waals surface area contributed by atoms with Crippen LogP contribution in [0.15, 0.2) is 81.1 Å². The minimum atomic E-state index is -0.843. The van der Waals surface area contributed by atoms with E-state index in [1.165, 1.54) is 28.6 Å². The number of anilines is 1. The molecule has 0 saturated heterocycles. The summed E-state index contributed by atoms with van der Waals surface area (Å²) in [4.78, 5) is 32.4. The van der Waals surface area contributed by atoms with E-state index in [9.17, 15) is 14.7 Å². The lowest BCUT2D eigenvalue weighted by molar-refractivity contribution is -0.117. The molecule has 0 spiro atoms. The molecule has 5 rings (SSSR count). The molecule has 2 aromatic carbocycles. The average Bonchev–Trinajstić information content (AvgIpc) is 3.46. The largest absolute Gasteiger partial charge is 0.503 e. The number of amides is 1. The van der Waals surface area contributed by atoms with E-state index in [1.54, 1.807) is 12.1 Å². The summed E-state index contributed by atoms with van der Waals surface area (Å²) < 4.78 is 6.96. The number of furan rings is 1. The molecule has 0 radical (unpaired) electrons. The highest BCUT2D eigenvalue weighted by atomic mass is 79.9. The van der Waals surface area contributed by atoms with E-state index < -0.39 is 23.5 Å². The molecule has 8 heteroatoms. The standard InChI is InChI=1S/C23H15BrN2O4S/c1-12-7-8-15-17(10-12)31-23(25-15)26-19(13-4-2-5-14(24)11-13)18(21(28)22(26)29)20(27)16-6-3-9-30-16/h2-11,19,28H,1H3/t19-/m1/s1. The van der Waals surface area contributed by atoms with Crippen LogP contribution in [-0.4, -0.2) is 21.8 Å². The molecule has 4 aromatic rings. The number of aliphatic hydroxyl groups excluding tert-OH is 1. The molecule has 1 N–H and O–H groups in total. The van der Waals surface area contributed by atoms with Crippen LogP contribution >= 0.6 is 27.3 Å². The van der Waals surface area contributed by atoms with Gasteiger partial charge in [0.15, 0.2) is 16.7 Å². The number of benzene rings is 2. The highest BCUT2D eigenvalue weighted by Gasteiger charge is 2.46. The molecule has 31 heavy (non-hydrogen) atoms. The van der Waals surface area contributed by atoms with Crippen molar-refractivity contribution in [1.29, 1.82) is 0 Å². The number of hydrogen-bond acceptors (Lipinski definition) is 6. The molecule has 3 heterocycles. The lowest BCUT2D eigenvalue weighted by Crippen LogP contribution is -2.30. The van der Waals surface area contributed by atoms with Gasteiger partial charge in [0.05, 0.1) is 28.1 Å². The van der Waals surface area contributed by atoms with Gasteiger partial charge in [0, 0.05) is 4.47 Å². The maximum absolute atomic E-state index is 13.2. The fraction of sp³-hybridized carbons (Fsp3) is 0.0870. The van der Waals surface area contributed by atoms with Crippen molar-refractivity contribution in [2.45, 2.75) is 13.0 Å². The molecule has 0 unspecified atom stereocenters. The summed E-state index contributed by atoms with van der Waals surface area (Å²) in [6.07, 6.45) is 1.38. The highest BCUT2D eigenvalue weighted by Crippen LogP contribution is 2.44. The number of aromatic nitrogens is 1. The normalized spacial score (nSPS) is 16.5. The zero-order valence-electron chi connectivity index (χ0n) is 16.2. The number of halogens is 1. The Morgan fingerprint density at radius 2 is 2.03 bits per heavy atom. The number of rotatable bonds is 4. The van der Waals surface area contributed by atoms with Crippen LogP contribution < -0.4 is 4.90 Å². The summed E-state index contributed by atoms with van der Waals surface area (Å²) in [7, 11) is 0. The average molecular weight is 495 g/mol. The predicted octanol–water partition coefficient (Wildman–Crippen LogP) is 5.74. The molecule has 1 amide bonds. The molecule has 154 valence electrons. The maximum atomic E-state index is 13.2. The number of aliphatic hydroxyl groups is 1. The Balaban J connectivity index is 1.70. The summed E-state index contributed by atoms with van der Waals surface area (Å²) in [5.41, 5.74) is 2.45. The van der Waals surface area contributed by atoms with E-state index in [2.05, 4.69) is 20.9 Å². The van der Waals surface area contributed by atoms with Gasteiger partial charge in [-0.15, -0.1) is 0 Å². The summed E-state index contributed by atoms with van der Waals surface area (Å²) in [5.74, 6) is -1.76. The van der Waals surface area contributed by atoms with Gasteiger partial charge in [-0.3, -0.25) is 14.5 Å². The first-order chi connectivity index (χ1) is 14.9. The molecule has 0 aliphatic carbocycles. The van der Waals surface area contributed by atoms with Gasteiger partial charge in [-0.25, -0.2) is 4.98 Å². The second kappa shape index (κ2) is 7.47. The van der Waals surface area contributed by atoms with Gasteiger partial charge in [0.1, 0.15) is 0 Å². The molecular weight excluding hydrogens is 480 g/mol. The van der Waals surface area contributed by atoms with Crippen molar-refractivity contribution in [2.75, 3.05) is 4.90 Å². The van der Waals surface area contributed by atoms with Crippen molar-refractivity contribution in [2.24, 2.45) is 0 Å². The molecule has 6 nitrogen and oxygen atoms in total. The van der Waals surface area contributed by atoms with Gasteiger partial charge in [0.2, 0.25) is 5.78 Å². The first-order valence-electron chi connectivity index (χ1n) is 9.41. The number of carbonyl (C=O) groups excluding carboxylic acids is 2. The fourth-order valence-corrected chi connectivity index (χ4v) is 5.20. The summed E-state index contributed by atoms with van der Waals surface area (Å²) in [6.45, 7) is 1.98. The Morgan fingerprint density at radius 1 is 1.19 bits per heavy atom. The van der Waals surface area contributed by atoms with Crippen LogP contribution in [0, 0.1) is 6.92 Å². The lowest BCUT2D eigenvalue weighted by atomic mass is 9.95. The van der Waals surface area contributed by atoms with Gasteiger partial charge in [0.25, 0.3) is 5.91 Å². The van der Waals surface area contributed by atoms with Crippen LogP contribution in [0.2, 0.25) is 0 Å². The first-order valence-corrected chi connectivity index (χ1v) is 11.0. The van der Waals surface area contributed by atoms with E-state index in [0.29, 0.717) is 10.7 Å². The fourth-order valence-electron chi connectivity index (χ4n) is 3.69. The van der Waals surface area contributed by atoms with E-state index in [1.807, 2.05) is 43.3 Å². The SMILES string of the molecule is Cc1ccc2nc(N3C(=O)C(O)=C(C(=O)c4ccco4)[C@H]3c3cccc(Br)c3)sc2c1. The van der Waals surface area contributed by atoms with Crippen LogP contribution in [0.5, 0.6) is 0 Å². The Hall–Kier alpha value is -3.23. The quantitative estimate of drug-likeness (QED) is 0.365. The number of fused-ring (bicyclic) bond motifs is 1. The van der Waals surface area contributed by atoms with Crippen molar-refractivity contribution >= 4 is 54.3 Å². The topological polar surface area (TPSA) is 83.6 Å². The third kappa shape index (κ3) is 3.28. The maximum Gasteiger partial charge on any atom is 0.296 e. The lowest BCUT2D eigenvalue weighted by Gasteiger charge is -2.24. The molecular formula is C23H15BrN2O4S. The van der Waals surface area contributed by atoms with Crippen LogP contribution in [0.3, 0.4) is 0 Å². The molecule has 0 bridgehead atoms. The van der Waals surface area contributed by atoms with Crippen LogP contribution in [0.4, 0.5) is 5.13 Å². The van der Waals surface area contributed by atoms with Gasteiger partial charge in [-0.2, -0.15) is 0 Å². The summed E-state index contributed by atoms with van der Waals surface area (Å²) in [5, 5.41) is 11.2. The third-order valence-corrected chi connectivity index (χ3v) is 6.61. The van der Waals surface area contributed by atoms with E-state index in [4.69, 9.17) is 4.42 Å². The zero-order chi connectivity index (χ0) is 21.7. The van der Waals surface area contributed by atoms with Crippen molar-refractivity contribution in [3.63, 3.8) is 0 Å². The molecule has 0 fully saturated rings. The molecule has 2 aromatic heterocycles. The minimum absolute atomic E-state index is 0.0338. The molecule has 0 saturated carbocycles. The number of aryl methyl sites for hydroxylation is 1. The van der Waals surface area contributed by atoms with E-state index in [-0.39, 0.29) is 11.3 Å². The number of nitrogens with zero attached hydrogens (tertiary/aromatic N) is 2. The van der Waals surface area contributed by atoms with Crippen molar-refractivity contribution in [3.05, 3.63) is 93.6 Å². The van der Waals surface area contributed by atoms with Crippen molar-refractivity contribution in [1.82, 2.24) is 4.98 Å². The number of hydrogen-bond donors (Lipinski definition) is 1. The van der Waals surface area contributed by atoms with Crippen molar-refractivity contribution in [3.8, 4) is 0 Å². The molecule has 1 aliphatic rings. The second-order valence-electron chi connectivity index (χ2n) is 7.17. The third-order valence-electron chi connectivity index (χ3n) is 5.10. The van der Waals surface area contributed by atoms with Crippen LogP contribution in [-0.2, 0) is 4.79 Å². The Labute approximate surface area is 189 Å². The first kappa shape index (κ1) is 19.7. The summed E-state index contributed by atoms with van der Waals surface area (Å²) in [6, 6.07) is 15.4. The predicted molar refractivity (Wildman–Crippen MR) is 121 cm³/mol. The smallest absolute Gasteiger partial charge is 0.296 e. The van der Waals surface area contributed by atoms with Crippen molar-refractivity contribution < 1.29 is 19.1 Å². The van der Waals surface area contributed by atoms with Crippen LogP contribution in [0.1, 0.15) is 27.7 Å². The zero-order valence-corrected chi connectivity index (χ0v) is 18.6. The minimum Gasteiger partial charge on any atom is -0.503 e. The Kier molecular flexibility index (Phi) is 4.75. The number of thiazole rings is 1. The number of ketones is 1. The molecule has 1 atom stereocenters. The van der Waals surface area contributed by atoms with E-state index in [0.717, 1.165) is 20.3 Å². The number of carbonyl (C=O) groups is 2. The van der Waals surface area contributed by atoms with Gasteiger partial charge in [-0.05, 0) is 54.4 Å². The van der Waals surface area contributed by atoms with Gasteiger partial charge < -0.3 is 9.52 Å².